The Labute approximate surface area is 107 Å². The molecule has 1 aliphatic heterocycles. The monoisotopic (exact) mass is 247 g/mol. The number of aryl methyl sites for hydroxylation is 1. The minimum absolute atomic E-state index is 0.0106. The van der Waals surface area contributed by atoms with Gasteiger partial charge in [-0.3, -0.25) is 0 Å². The Morgan fingerprint density at radius 2 is 2.22 bits per heavy atom. The second-order valence-electron chi connectivity index (χ2n) is 4.23. The highest BCUT2D eigenvalue weighted by atomic mass is 16.5. The lowest BCUT2D eigenvalue weighted by atomic mass is 10.0. The summed E-state index contributed by atoms with van der Waals surface area (Å²) in [6.45, 7) is 5.28. The Bertz CT molecular complexity index is 462. The summed E-state index contributed by atoms with van der Waals surface area (Å²) in [7, 11) is 0. The molecule has 5 heteroatoms. The average Bonchev–Trinajstić information content (AvgIpc) is 2.90. The zero-order valence-corrected chi connectivity index (χ0v) is 10.8. The molecule has 1 saturated heterocycles. The molecule has 96 valence electrons. The largest absolute Gasteiger partial charge is 0.470 e. The third-order valence-electron chi connectivity index (χ3n) is 3.09. The van der Waals surface area contributed by atoms with E-state index < -0.39 is 0 Å². The summed E-state index contributed by atoms with van der Waals surface area (Å²) in [4.78, 5) is 0. The molecule has 0 saturated carbocycles. The Morgan fingerprint density at radius 3 is 2.78 bits per heavy atom. The summed E-state index contributed by atoms with van der Waals surface area (Å²) >= 11 is 0. The molecule has 0 bridgehead atoms. The first-order chi connectivity index (χ1) is 8.80. The van der Waals surface area contributed by atoms with Crippen molar-refractivity contribution in [2.45, 2.75) is 39.2 Å². The van der Waals surface area contributed by atoms with Gasteiger partial charge in [0.05, 0.1) is 18.9 Å². The predicted molar refractivity (Wildman–Crippen MR) is 65.4 cm³/mol. The van der Waals surface area contributed by atoms with Gasteiger partial charge in [0.25, 0.3) is 5.88 Å². The highest BCUT2D eigenvalue weighted by Gasteiger charge is 2.22. The summed E-state index contributed by atoms with van der Waals surface area (Å²) in [5.74, 6) is 0.349. The van der Waals surface area contributed by atoms with E-state index in [0.29, 0.717) is 24.7 Å². The van der Waals surface area contributed by atoms with Crippen LogP contribution in [0.2, 0.25) is 0 Å². The number of nitriles is 1. The van der Waals surface area contributed by atoms with Crippen LogP contribution in [-0.4, -0.2) is 29.5 Å². The summed E-state index contributed by atoms with van der Waals surface area (Å²) in [5, 5.41) is 17.5. The van der Waals surface area contributed by atoms with Gasteiger partial charge in [0.2, 0.25) is 0 Å². The van der Waals surface area contributed by atoms with Crippen molar-refractivity contribution in [1.29, 1.82) is 5.26 Å². The molecule has 0 spiro atoms. The van der Waals surface area contributed by atoms with Crippen molar-refractivity contribution in [1.82, 2.24) is 10.2 Å². The van der Waals surface area contributed by atoms with Crippen LogP contribution in [0.4, 0.5) is 0 Å². The third-order valence-corrected chi connectivity index (χ3v) is 3.09. The molecule has 18 heavy (non-hydrogen) atoms. The van der Waals surface area contributed by atoms with Gasteiger partial charge in [-0.1, -0.05) is 13.8 Å². The number of hydrogen-bond donors (Lipinski definition) is 0. The molecule has 2 rings (SSSR count). The molecule has 0 amide bonds. The molecule has 1 atom stereocenters. The molecule has 1 aliphatic rings. The molecule has 1 fully saturated rings. The Balaban J connectivity index is 2.32. The van der Waals surface area contributed by atoms with Crippen LogP contribution in [0.15, 0.2) is 0 Å². The van der Waals surface area contributed by atoms with Crippen molar-refractivity contribution in [2.24, 2.45) is 0 Å². The quantitative estimate of drug-likeness (QED) is 0.809. The van der Waals surface area contributed by atoms with Crippen LogP contribution in [0.1, 0.15) is 37.1 Å². The molecule has 0 N–H and O–H groups in total. The van der Waals surface area contributed by atoms with E-state index in [0.717, 1.165) is 30.5 Å². The van der Waals surface area contributed by atoms with Crippen LogP contribution >= 0.6 is 0 Å². The lowest BCUT2D eigenvalue weighted by molar-refractivity contribution is 0.137. The first-order valence-corrected chi connectivity index (χ1v) is 6.33. The molecule has 1 unspecified atom stereocenters. The number of hydrogen-bond acceptors (Lipinski definition) is 5. The van der Waals surface area contributed by atoms with Crippen LogP contribution in [0.5, 0.6) is 5.88 Å². The SMILES string of the molecule is CCc1nnc(OC2CCOC2)c(C#N)c1CC. The molecule has 1 aromatic heterocycles. The van der Waals surface area contributed by atoms with Gasteiger partial charge < -0.3 is 9.47 Å². The van der Waals surface area contributed by atoms with Gasteiger partial charge in [0.1, 0.15) is 17.7 Å². The standard InChI is InChI=1S/C13H17N3O2/c1-3-10-11(7-14)13(16-15-12(10)4-2)18-9-5-6-17-8-9/h9H,3-6,8H2,1-2H3. The normalized spacial score (nSPS) is 18.6. The van der Waals surface area contributed by atoms with Gasteiger partial charge in [-0.2, -0.15) is 10.4 Å². The van der Waals surface area contributed by atoms with Crippen molar-refractivity contribution in [3.05, 3.63) is 16.8 Å². The maximum absolute atomic E-state index is 9.30. The smallest absolute Gasteiger partial charge is 0.252 e. The summed E-state index contributed by atoms with van der Waals surface area (Å²) < 4.78 is 11.0. The maximum Gasteiger partial charge on any atom is 0.252 e. The van der Waals surface area contributed by atoms with E-state index in [1.807, 2.05) is 13.8 Å². The van der Waals surface area contributed by atoms with Crippen molar-refractivity contribution in [2.75, 3.05) is 13.2 Å². The Hall–Kier alpha value is -1.67. The van der Waals surface area contributed by atoms with E-state index in [1.165, 1.54) is 0 Å². The van der Waals surface area contributed by atoms with Crippen molar-refractivity contribution in [3.63, 3.8) is 0 Å². The molecule has 1 aromatic rings. The van der Waals surface area contributed by atoms with E-state index in [2.05, 4.69) is 16.3 Å². The lowest BCUT2D eigenvalue weighted by Gasteiger charge is -2.14. The minimum Gasteiger partial charge on any atom is -0.470 e. The van der Waals surface area contributed by atoms with Gasteiger partial charge in [-0.15, -0.1) is 5.10 Å². The molecule has 0 aliphatic carbocycles. The Morgan fingerprint density at radius 1 is 1.39 bits per heavy atom. The zero-order chi connectivity index (χ0) is 13.0. The van der Waals surface area contributed by atoms with Crippen molar-refractivity contribution < 1.29 is 9.47 Å². The zero-order valence-electron chi connectivity index (χ0n) is 10.8. The number of ether oxygens (including phenoxy) is 2. The minimum atomic E-state index is -0.0106. The second kappa shape index (κ2) is 5.78. The summed E-state index contributed by atoms with van der Waals surface area (Å²) in [6, 6.07) is 2.20. The summed E-state index contributed by atoms with van der Waals surface area (Å²) in [6.07, 6.45) is 2.36. The first-order valence-electron chi connectivity index (χ1n) is 6.33. The van der Waals surface area contributed by atoms with Crippen LogP contribution in [-0.2, 0) is 17.6 Å². The highest BCUT2D eigenvalue weighted by molar-refractivity contribution is 5.46. The van der Waals surface area contributed by atoms with E-state index in [1.54, 1.807) is 0 Å². The second-order valence-corrected chi connectivity index (χ2v) is 4.23. The van der Waals surface area contributed by atoms with E-state index in [4.69, 9.17) is 9.47 Å². The van der Waals surface area contributed by atoms with Crippen LogP contribution in [0.3, 0.4) is 0 Å². The molecule has 5 nitrogen and oxygen atoms in total. The van der Waals surface area contributed by atoms with E-state index in [9.17, 15) is 5.26 Å². The number of rotatable bonds is 4. The van der Waals surface area contributed by atoms with Crippen molar-refractivity contribution >= 4 is 0 Å². The third kappa shape index (κ3) is 2.44. The number of aromatic nitrogens is 2. The molecule has 2 heterocycles. The highest BCUT2D eigenvalue weighted by Crippen LogP contribution is 2.24. The van der Waals surface area contributed by atoms with E-state index in [-0.39, 0.29) is 6.10 Å². The Kier molecular flexibility index (Phi) is 4.11. The van der Waals surface area contributed by atoms with Crippen LogP contribution in [0, 0.1) is 11.3 Å². The molecule has 0 radical (unpaired) electrons. The fourth-order valence-corrected chi connectivity index (χ4v) is 2.12. The van der Waals surface area contributed by atoms with Gasteiger partial charge in [0.15, 0.2) is 0 Å². The van der Waals surface area contributed by atoms with Gasteiger partial charge in [-0.05, 0) is 18.4 Å². The molecular weight excluding hydrogens is 230 g/mol. The van der Waals surface area contributed by atoms with Crippen molar-refractivity contribution in [3.8, 4) is 11.9 Å². The molecular formula is C13H17N3O2. The fraction of sp³-hybridized carbons (Fsp3) is 0.615. The topological polar surface area (TPSA) is 68.0 Å². The maximum atomic E-state index is 9.30. The predicted octanol–water partition coefficient (Wildman–Crippen LogP) is 1.64. The first kappa shape index (κ1) is 12.8. The van der Waals surface area contributed by atoms with E-state index >= 15 is 0 Å². The van der Waals surface area contributed by atoms with Gasteiger partial charge >= 0.3 is 0 Å². The van der Waals surface area contributed by atoms with Gasteiger partial charge in [-0.25, -0.2) is 0 Å². The average molecular weight is 247 g/mol. The summed E-state index contributed by atoms with van der Waals surface area (Å²) in [5.41, 5.74) is 2.35. The molecule has 0 aromatic carbocycles. The number of nitrogens with zero attached hydrogens (tertiary/aromatic N) is 3. The lowest BCUT2D eigenvalue weighted by Crippen LogP contribution is -2.18. The van der Waals surface area contributed by atoms with Crippen LogP contribution < -0.4 is 4.74 Å². The fourth-order valence-electron chi connectivity index (χ4n) is 2.12. The van der Waals surface area contributed by atoms with Crippen LogP contribution in [0.25, 0.3) is 0 Å². The van der Waals surface area contributed by atoms with Gasteiger partial charge in [0, 0.05) is 6.42 Å².